The van der Waals surface area contributed by atoms with Gasteiger partial charge in [-0.3, -0.25) is 0 Å². The Morgan fingerprint density at radius 1 is 0.941 bits per heavy atom. The van der Waals surface area contributed by atoms with Crippen LogP contribution in [0.4, 0.5) is 0 Å². The Hall–Kier alpha value is -3.38. The molecule has 0 aliphatic rings. The number of carboxylic acids is 1. The van der Waals surface area contributed by atoms with Gasteiger partial charge in [0, 0.05) is 11.6 Å². The zero-order chi connectivity index (χ0) is 23.2. The van der Waals surface area contributed by atoms with E-state index in [-0.39, 0.29) is 24.0 Å². The summed E-state index contributed by atoms with van der Waals surface area (Å²) in [4.78, 5) is 11.6. The second-order valence-corrected chi connectivity index (χ2v) is 8.09. The predicted octanol–water partition coefficient (Wildman–Crippen LogP) is 5.99. The average molecular weight is 478 g/mol. The summed E-state index contributed by atoms with van der Waals surface area (Å²) >= 11 is 0. The van der Waals surface area contributed by atoms with Crippen molar-refractivity contribution in [1.82, 2.24) is 5.32 Å². The number of carboxylic acid groups (broad SMARTS) is 1. The minimum Gasteiger partial charge on any atom is -0.478 e. The molecule has 0 aliphatic heterocycles. The van der Waals surface area contributed by atoms with E-state index in [9.17, 15) is 15.0 Å². The maximum atomic E-state index is 11.6. The first-order valence-corrected chi connectivity index (χ1v) is 11.0. The minimum atomic E-state index is -0.984. The van der Waals surface area contributed by atoms with Crippen LogP contribution in [0.15, 0.2) is 95.6 Å². The van der Waals surface area contributed by atoms with Gasteiger partial charge in [-0.2, -0.15) is 0 Å². The molecule has 6 heteroatoms. The molecule has 0 unspecified atom stereocenters. The third kappa shape index (κ3) is 5.94. The highest BCUT2D eigenvalue weighted by Crippen LogP contribution is 2.30. The zero-order valence-electron chi connectivity index (χ0n) is 18.8. The van der Waals surface area contributed by atoms with E-state index in [4.69, 9.17) is 4.42 Å². The summed E-state index contributed by atoms with van der Waals surface area (Å²) in [7, 11) is 0. The van der Waals surface area contributed by atoms with Gasteiger partial charge in [0.1, 0.15) is 5.76 Å². The molecule has 1 heterocycles. The SMILES string of the molecule is C[C@H](NCCc1ccc(-c2ccc(C(=O)O)c(-c3ccco3)c2)cc1)[C@@H](O)c1ccccc1.Cl. The molecular weight excluding hydrogens is 450 g/mol. The Balaban J connectivity index is 0.00000324. The van der Waals surface area contributed by atoms with Crippen LogP contribution < -0.4 is 5.32 Å². The molecule has 4 aromatic rings. The van der Waals surface area contributed by atoms with Gasteiger partial charge in [0.25, 0.3) is 0 Å². The van der Waals surface area contributed by atoms with Gasteiger partial charge in [-0.05, 0) is 66.4 Å². The molecule has 0 bridgehead atoms. The van der Waals surface area contributed by atoms with Crippen molar-refractivity contribution in [3.63, 3.8) is 0 Å². The number of hydrogen-bond acceptors (Lipinski definition) is 4. The van der Waals surface area contributed by atoms with Crippen LogP contribution in [-0.2, 0) is 6.42 Å². The summed E-state index contributed by atoms with van der Waals surface area (Å²) in [5.41, 5.74) is 4.79. The Morgan fingerprint density at radius 3 is 2.29 bits per heavy atom. The van der Waals surface area contributed by atoms with Crippen molar-refractivity contribution in [2.75, 3.05) is 6.54 Å². The van der Waals surface area contributed by atoms with Gasteiger partial charge in [-0.25, -0.2) is 4.79 Å². The fourth-order valence-electron chi connectivity index (χ4n) is 3.90. The second-order valence-electron chi connectivity index (χ2n) is 8.09. The smallest absolute Gasteiger partial charge is 0.336 e. The van der Waals surface area contributed by atoms with E-state index in [1.165, 1.54) is 11.8 Å². The highest BCUT2D eigenvalue weighted by molar-refractivity contribution is 5.96. The molecule has 5 nitrogen and oxygen atoms in total. The van der Waals surface area contributed by atoms with Crippen molar-refractivity contribution in [2.45, 2.75) is 25.5 Å². The molecule has 0 saturated heterocycles. The number of hydrogen-bond donors (Lipinski definition) is 3. The fourth-order valence-corrected chi connectivity index (χ4v) is 3.90. The number of furan rings is 1. The second kappa shape index (κ2) is 11.7. The number of rotatable bonds is 9. The topological polar surface area (TPSA) is 82.7 Å². The fraction of sp³-hybridized carbons (Fsp3) is 0.179. The van der Waals surface area contributed by atoms with Gasteiger partial charge in [0.05, 0.1) is 17.9 Å². The number of aliphatic hydroxyl groups excluding tert-OH is 1. The van der Waals surface area contributed by atoms with Crippen molar-refractivity contribution in [3.8, 4) is 22.5 Å². The summed E-state index contributed by atoms with van der Waals surface area (Å²) in [5, 5.41) is 23.4. The predicted molar refractivity (Wildman–Crippen MR) is 136 cm³/mol. The molecular formula is C28H28ClNO4. The van der Waals surface area contributed by atoms with E-state index in [1.807, 2.05) is 61.5 Å². The number of aliphatic hydroxyl groups is 1. The first-order valence-electron chi connectivity index (χ1n) is 11.0. The Kier molecular flexibility index (Phi) is 8.66. The molecule has 34 heavy (non-hydrogen) atoms. The van der Waals surface area contributed by atoms with E-state index < -0.39 is 12.1 Å². The lowest BCUT2D eigenvalue weighted by Crippen LogP contribution is -2.33. The van der Waals surface area contributed by atoms with E-state index >= 15 is 0 Å². The summed E-state index contributed by atoms with van der Waals surface area (Å²) in [6.45, 7) is 2.73. The Labute approximate surface area is 205 Å². The van der Waals surface area contributed by atoms with Crippen molar-refractivity contribution < 1.29 is 19.4 Å². The van der Waals surface area contributed by atoms with Crippen LogP contribution in [0.2, 0.25) is 0 Å². The van der Waals surface area contributed by atoms with Gasteiger partial charge < -0.3 is 19.9 Å². The lowest BCUT2D eigenvalue weighted by atomic mass is 9.97. The van der Waals surface area contributed by atoms with Gasteiger partial charge in [-0.15, -0.1) is 12.4 Å². The maximum Gasteiger partial charge on any atom is 0.336 e. The molecule has 0 amide bonds. The van der Waals surface area contributed by atoms with Crippen LogP contribution in [0.25, 0.3) is 22.5 Å². The molecule has 3 N–H and O–H groups in total. The third-order valence-electron chi connectivity index (χ3n) is 5.82. The van der Waals surface area contributed by atoms with Gasteiger partial charge in [0.2, 0.25) is 0 Å². The van der Waals surface area contributed by atoms with Gasteiger partial charge in [0.15, 0.2) is 0 Å². The maximum absolute atomic E-state index is 11.6. The van der Waals surface area contributed by atoms with Crippen LogP contribution in [0, 0.1) is 0 Å². The normalized spacial score (nSPS) is 12.5. The minimum absolute atomic E-state index is 0. The Morgan fingerprint density at radius 2 is 1.65 bits per heavy atom. The lowest BCUT2D eigenvalue weighted by molar-refractivity contribution is 0.0697. The van der Waals surface area contributed by atoms with Crippen molar-refractivity contribution in [2.24, 2.45) is 0 Å². The molecule has 0 fully saturated rings. The molecule has 0 aliphatic carbocycles. The van der Waals surface area contributed by atoms with E-state index in [0.29, 0.717) is 11.3 Å². The summed E-state index contributed by atoms with van der Waals surface area (Å²) in [6, 6.07) is 26.6. The number of halogens is 1. The molecule has 176 valence electrons. The first kappa shape index (κ1) is 25.2. The van der Waals surface area contributed by atoms with Crippen LogP contribution in [-0.4, -0.2) is 28.8 Å². The molecule has 0 radical (unpaired) electrons. The van der Waals surface area contributed by atoms with Crippen molar-refractivity contribution >= 4 is 18.4 Å². The number of nitrogens with one attached hydrogen (secondary N) is 1. The zero-order valence-corrected chi connectivity index (χ0v) is 19.7. The molecule has 4 rings (SSSR count). The standard InChI is InChI=1S/C28H27NO4.ClH/c1-19(27(30)22-6-3-2-4-7-22)29-16-15-20-9-11-21(12-10-20)23-13-14-24(28(31)32)25(18-23)26-8-5-17-33-26;/h2-14,17-19,27,29-30H,15-16H2,1H3,(H,31,32);1H/t19-,27+;/m0./s1. The molecule has 0 saturated carbocycles. The summed E-state index contributed by atoms with van der Waals surface area (Å²) < 4.78 is 5.44. The first-order chi connectivity index (χ1) is 16.0. The number of benzene rings is 3. The van der Waals surface area contributed by atoms with E-state index in [0.717, 1.165) is 29.7 Å². The summed E-state index contributed by atoms with van der Waals surface area (Å²) in [5.74, 6) is -0.453. The third-order valence-corrected chi connectivity index (χ3v) is 5.82. The van der Waals surface area contributed by atoms with Crippen LogP contribution in [0.3, 0.4) is 0 Å². The largest absolute Gasteiger partial charge is 0.478 e. The van der Waals surface area contributed by atoms with Crippen molar-refractivity contribution in [3.05, 3.63) is 108 Å². The number of carbonyl (C=O) groups is 1. The summed E-state index contributed by atoms with van der Waals surface area (Å²) in [6.07, 6.45) is 1.82. The van der Waals surface area contributed by atoms with Crippen LogP contribution in [0.1, 0.15) is 34.5 Å². The van der Waals surface area contributed by atoms with E-state index in [1.54, 1.807) is 18.2 Å². The Bertz CT molecular complexity index is 1190. The molecule has 3 aromatic carbocycles. The highest BCUT2D eigenvalue weighted by Gasteiger charge is 2.16. The number of aromatic carboxylic acids is 1. The highest BCUT2D eigenvalue weighted by atomic mass is 35.5. The van der Waals surface area contributed by atoms with Crippen molar-refractivity contribution in [1.29, 1.82) is 0 Å². The van der Waals surface area contributed by atoms with Crippen LogP contribution in [0.5, 0.6) is 0 Å². The molecule has 0 spiro atoms. The molecule has 1 aromatic heterocycles. The molecule has 2 atom stereocenters. The van der Waals surface area contributed by atoms with Gasteiger partial charge >= 0.3 is 5.97 Å². The van der Waals surface area contributed by atoms with Gasteiger partial charge in [-0.1, -0.05) is 60.7 Å². The monoisotopic (exact) mass is 477 g/mol. The van der Waals surface area contributed by atoms with Crippen LogP contribution >= 0.6 is 12.4 Å². The average Bonchev–Trinajstić information content (AvgIpc) is 3.39. The lowest BCUT2D eigenvalue weighted by Gasteiger charge is -2.20. The quantitative estimate of drug-likeness (QED) is 0.276. The van der Waals surface area contributed by atoms with E-state index in [2.05, 4.69) is 17.4 Å².